The van der Waals surface area contributed by atoms with Crippen molar-refractivity contribution in [3.8, 4) is 0 Å². The van der Waals surface area contributed by atoms with Crippen molar-refractivity contribution < 1.29 is 27.1 Å². The number of carbonyl (C=O) groups is 1. The Kier molecular flexibility index (Phi) is 4.76. The Balaban J connectivity index is 2.11. The van der Waals surface area contributed by atoms with E-state index in [0.29, 0.717) is 5.03 Å². The van der Waals surface area contributed by atoms with Gasteiger partial charge in [0.1, 0.15) is 6.61 Å². The normalized spacial score (nSPS) is 22.9. The van der Waals surface area contributed by atoms with Crippen molar-refractivity contribution in [1.29, 1.82) is 0 Å². The van der Waals surface area contributed by atoms with Crippen LogP contribution in [0.4, 0.5) is 17.6 Å². The maximum atomic E-state index is 13.5. The monoisotopic (exact) mass is 350 g/mol. The van der Waals surface area contributed by atoms with Gasteiger partial charge in [-0.1, -0.05) is 31.5 Å². The minimum absolute atomic E-state index is 0.101. The summed E-state index contributed by atoms with van der Waals surface area (Å²) < 4.78 is 58.1. The van der Waals surface area contributed by atoms with Crippen LogP contribution in [0.3, 0.4) is 0 Å². The Bertz CT molecular complexity index is 655. The summed E-state index contributed by atoms with van der Waals surface area (Å²) in [6.45, 7) is 4.43. The molecule has 0 aliphatic heterocycles. The van der Waals surface area contributed by atoms with Crippen LogP contribution < -0.4 is 0 Å². The highest BCUT2D eigenvalue weighted by molar-refractivity contribution is 6.29. The van der Waals surface area contributed by atoms with Gasteiger partial charge in [0.2, 0.25) is 0 Å². The Hall–Kier alpha value is -1.56. The van der Waals surface area contributed by atoms with Gasteiger partial charge in [-0.25, -0.2) is 17.6 Å². The molecule has 1 fully saturated rings. The molecule has 1 saturated carbocycles. The molecule has 0 heterocycles. The van der Waals surface area contributed by atoms with Crippen LogP contribution in [0.2, 0.25) is 0 Å². The third-order valence-electron chi connectivity index (χ3n) is 4.14. The second-order valence-corrected chi connectivity index (χ2v) is 6.73. The number of carbonyl (C=O) groups excluding carboxylic acids is 1. The van der Waals surface area contributed by atoms with Crippen molar-refractivity contribution in [2.24, 2.45) is 17.3 Å². The Morgan fingerprint density at radius 2 is 1.78 bits per heavy atom. The fourth-order valence-corrected chi connectivity index (χ4v) is 2.80. The van der Waals surface area contributed by atoms with E-state index in [2.05, 4.69) is 0 Å². The zero-order valence-electron chi connectivity index (χ0n) is 12.7. The molecular formula is C16H15ClF4O2. The molecule has 2 rings (SSSR count). The first-order valence-electron chi connectivity index (χ1n) is 6.89. The summed E-state index contributed by atoms with van der Waals surface area (Å²) in [5, 5.41) is 0.516. The Labute approximate surface area is 136 Å². The summed E-state index contributed by atoms with van der Waals surface area (Å²) in [6, 6.07) is 0.101. The topological polar surface area (TPSA) is 26.3 Å². The highest BCUT2D eigenvalue weighted by Gasteiger charge is 2.61. The van der Waals surface area contributed by atoms with Gasteiger partial charge in [-0.15, -0.1) is 0 Å². The van der Waals surface area contributed by atoms with Crippen molar-refractivity contribution in [3.63, 3.8) is 0 Å². The molecule has 1 aromatic carbocycles. The van der Waals surface area contributed by atoms with Gasteiger partial charge in [0.25, 0.3) is 0 Å². The maximum Gasteiger partial charge on any atom is 0.310 e. The number of ether oxygens (including phenoxy) is 1. The highest BCUT2D eigenvalue weighted by Crippen LogP contribution is 2.60. The summed E-state index contributed by atoms with van der Waals surface area (Å²) in [7, 11) is 0. The van der Waals surface area contributed by atoms with Crippen LogP contribution in [0.1, 0.15) is 26.3 Å². The fraction of sp³-hybridized carbons (Fsp3) is 0.438. The van der Waals surface area contributed by atoms with Gasteiger partial charge >= 0.3 is 5.97 Å². The van der Waals surface area contributed by atoms with Crippen LogP contribution >= 0.6 is 11.6 Å². The fourth-order valence-electron chi connectivity index (χ4n) is 2.67. The van der Waals surface area contributed by atoms with E-state index < -0.39 is 52.7 Å². The summed E-state index contributed by atoms with van der Waals surface area (Å²) in [5.41, 5.74) is -1.35. The van der Waals surface area contributed by atoms with E-state index in [-0.39, 0.29) is 12.0 Å². The van der Waals surface area contributed by atoms with E-state index in [0.717, 1.165) is 0 Å². The largest absolute Gasteiger partial charge is 0.460 e. The lowest BCUT2D eigenvalue weighted by atomic mass is 10.1. The van der Waals surface area contributed by atoms with Gasteiger partial charge < -0.3 is 4.74 Å². The van der Waals surface area contributed by atoms with Gasteiger partial charge in [0.05, 0.1) is 11.5 Å². The smallest absolute Gasteiger partial charge is 0.310 e. The molecule has 0 N–H and O–H groups in total. The van der Waals surface area contributed by atoms with Crippen molar-refractivity contribution in [2.75, 3.05) is 0 Å². The average molecular weight is 351 g/mol. The average Bonchev–Trinajstić information content (AvgIpc) is 2.96. The van der Waals surface area contributed by atoms with Crippen LogP contribution in [0.25, 0.3) is 0 Å². The number of benzene rings is 1. The standard InChI is InChI=1S/C16H15ClF4O2/c1-7(17)4-9-12(16(9,2)3)15(22)23-6-8-13(20)10(18)5-11(19)14(8)21/h4-5,9,12H,6H2,1-3H3/b7-4-/t9-,12+/m1/s1. The van der Waals surface area contributed by atoms with Gasteiger partial charge in [0.15, 0.2) is 23.3 Å². The Morgan fingerprint density at radius 3 is 2.26 bits per heavy atom. The van der Waals surface area contributed by atoms with Crippen LogP contribution in [0.5, 0.6) is 0 Å². The molecule has 1 aliphatic rings. The van der Waals surface area contributed by atoms with Gasteiger partial charge in [-0.3, -0.25) is 4.79 Å². The predicted molar refractivity (Wildman–Crippen MR) is 76.4 cm³/mol. The molecule has 0 aromatic heterocycles. The summed E-state index contributed by atoms with van der Waals surface area (Å²) in [5.74, 6) is -7.61. The first-order chi connectivity index (χ1) is 10.6. The number of rotatable bonds is 4. The maximum absolute atomic E-state index is 13.5. The van der Waals surface area contributed by atoms with E-state index in [4.69, 9.17) is 16.3 Å². The first kappa shape index (κ1) is 17.8. The minimum Gasteiger partial charge on any atom is -0.460 e. The third-order valence-corrected chi connectivity index (χ3v) is 4.26. The molecule has 1 aromatic rings. The van der Waals surface area contributed by atoms with Gasteiger partial charge in [0, 0.05) is 11.1 Å². The predicted octanol–water partition coefficient (Wildman–Crippen LogP) is 4.70. The van der Waals surface area contributed by atoms with Crippen LogP contribution in [-0.2, 0) is 16.1 Å². The van der Waals surface area contributed by atoms with Crippen molar-refractivity contribution in [3.05, 3.63) is 46.0 Å². The van der Waals surface area contributed by atoms with E-state index in [1.165, 1.54) is 0 Å². The molecule has 0 amide bonds. The molecule has 126 valence electrons. The molecule has 0 unspecified atom stereocenters. The van der Waals surface area contributed by atoms with Crippen LogP contribution in [0.15, 0.2) is 17.2 Å². The summed E-state index contributed by atoms with van der Waals surface area (Å²) in [6.07, 6.45) is 1.70. The highest BCUT2D eigenvalue weighted by atomic mass is 35.5. The molecular weight excluding hydrogens is 336 g/mol. The van der Waals surface area contributed by atoms with Crippen LogP contribution in [-0.4, -0.2) is 5.97 Å². The number of hydrogen-bond donors (Lipinski definition) is 0. The van der Waals surface area contributed by atoms with Crippen molar-refractivity contribution in [1.82, 2.24) is 0 Å². The van der Waals surface area contributed by atoms with Crippen LogP contribution in [0, 0.1) is 40.5 Å². The SMILES string of the molecule is C/C(Cl)=C/[C@@H]1[C@@H](C(=O)OCc2c(F)c(F)cc(F)c2F)C1(C)C. The number of halogens is 5. The quantitative estimate of drug-likeness (QED) is 0.447. The van der Waals surface area contributed by atoms with Crippen molar-refractivity contribution in [2.45, 2.75) is 27.4 Å². The molecule has 0 bridgehead atoms. The number of allylic oxidation sites excluding steroid dienone is 2. The molecule has 2 atom stereocenters. The zero-order chi connectivity index (χ0) is 17.5. The lowest BCUT2D eigenvalue weighted by Gasteiger charge is -2.09. The molecule has 0 radical (unpaired) electrons. The lowest BCUT2D eigenvalue weighted by molar-refractivity contribution is -0.147. The summed E-state index contributed by atoms with van der Waals surface area (Å²) in [4.78, 5) is 12.1. The second kappa shape index (κ2) is 6.15. The minimum atomic E-state index is -1.57. The third kappa shape index (κ3) is 3.37. The molecule has 0 saturated heterocycles. The van der Waals surface area contributed by atoms with Gasteiger partial charge in [-0.05, 0) is 18.3 Å². The Morgan fingerprint density at radius 1 is 1.26 bits per heavy atom. The second-order valence-electron chi connectivity index (χ2n) is 6.13. The van der Waals surface area contributed by atoms with E-state index in [9.17, 15) is 22.4 Å². The van der Waals surface area contributed by atoms with E-state index in [1.807, 2.05) is 13.8 Å². The van der Waals surface area contributed by atoms with Gasteiger partial charge in [-0.2, -0.15) is 0 Å². The molecule has 0 spiro atoms. The first-order valence-corrected chi connectivity index (χ1v) is 7.27. The van der Waals surface area contributed by atoms with E-state index >= 15 is 0 Å². The summed E-state index contributed by atoms with van der Waals surface area (Å²) >= 11 is 5.79. The molecule has 23 heavy (non-hydrogen) atoms. The lowest BCUT2D eigenvalue weighted by Crippen LogP contribution is -2.13. The number of hydrogen-bond acceptors (Lipinski definition) is 2. The zero-order valence-corrected chi connectivity index (χ0v) is 13.5. The molecule has 2 nitrogen and oxygen atoms in total. The number of esters is 1. The molecule has 7 heteroatoms. The molecule has 1 aliphatic carbocycles. The van der Waals surface area contributed by atoms with Crippen molar-refractivity contribution >= 4 is 17.6 Å². The van der Waals surface area contributed by atoms with E-state index in [1.54, 1.807) is 13.0 Å².